The van der Waals surface area contributed by atoms with Gasteiger partial charge in [0.15, 0.2) is 5.78 Å². The Balaban J connectivity index is 2.13. The lowest BCUT2D eigenvalue weighted by Gasteiger charge is -2.12. The van der Waals surface area contributed by atoms with Crippen molar-refractivity contribution in [2.75, 3.05) is 0 Å². The van der Waals surface area contributed by atoms with Gasteiger partial charge in [-0.3, -0.25) is 4.79 Å². The zero-order valence-electron chi connectivity index (χ0n) is 11.7. The molecule has 0 radical (unpaired) electrons. The van der Waals surface area contributed by atoms with Crippen LogP contribution in [-0.4, -0.2) is 11.9 Å². The van der Waals surface area contributed by atoms with Gasteiger partial charge in [-0.2, -0.15) is 0 Å². The zero-order chi connectivity index (χ0) is 14.5. The summed E-state index contributed by atoms with van der Waals surface area (Å²) in [5, 5.41) is 0. The van der Waals surface area contributed by atoms with Gasteiger partial charge in [0.25, 0.3) is 0 Å². The van der Waals surface area contributed by atoms with Crippen molar-refractivity contribution in [2.24, 2.45) is 5.73 Å². The summed E-state index contributed by atoms with van der Waals surface area (Å²) < 4.78 is 5.55. The lowest BCUT2D eigenvalue weighted by molar-refractivity contribution is 0.0961. The summed E-state index contributed by atoms with van der Waals surface area (Å²) in [5.41, 5.74) is 7.42. The van der Waals surface area contributed by atoms with E-state index in [0.29, 0.717) is 5.56 Å². The maximum atomic E-state index is 12.3. The van der Waals surface area contributed by atoms with E-state index in [4.69, 9.17) is 10.5 Å². The second-order valence-corrected chi connectivity index (χ2v) is 4.94. The number of nitrogens with two attached hydrogens (primary N) is 1. The van der Waals surface area contributed by atoms with Crippen LogP contribution in [0.3, 0.4) is 0 Å². The summed E-state index contributed by atoms with van der Waals surface area (Å²) in [5.74, 6) is 0.664. The Kier molecular flexibility index (Phi) is 4.53. The first-order chi connectivity index (χ1) is 9.58. The molecule has 0 fully saturated rings. The maximum absolute atomic E-state index is 12.3. The summed E-state index contributed by atoms with van der Waals surface area (Å²) >= 11 is 0. The van der Waals surface area contributed by atoms with Crippen molar-refractivity contribution < 1.29 is 9.53 Å². The fourth-order valence-electron chi connectivity index (χ4n) is 1.96. The van der Waals surface area contributed by atoms with E-state index in [9.17, 15) is 4.79 Å². The SMILES string of the molecule is CC(C)Oc1ccc(C(=O)C(N)c2ccccc2)cc1. The van der Waals surface area contributed by atoms with Crippen LogP contribution in [0, 0.1) is 0 Å². The van der Waals surface area contributed by atoms with E-state index in [2.05, 4.69) is 0 Å². The smallest absolute Gasteiger partial charge is 0.184 e. The number of ketones is 1. The molecule has 0 heterocycles. The molecule has 0 aliphatic heterocycles. The zero-order valence-corrected chi connectivity index (χ0v) is 11.7. The lowest BCUT2D eigenvalue weighted by atomic mass is 9.98. The van der Waals surface area contributed by atoms with Gasteiger partial charge in [0, 0.05) is 5.56 Å². The molecule has 0 aliphatic rings. The predicted octanol–water partition coefficient (Wildman–Crippen LogP) is 3.36. The Morgan fingerprint density at radius 3 is 2.15 bits per heavy atom. The molecular weight excluding hydrogens is 250 g/mol. The summed E-state index contributed by atoms with van der Waals surface area (Å²) in [6.45, 7) is 3.93. The monoisotopic (exact) mass is 269 g/mol. The normalized spacial score (nSPS) is 12.2. The van der Waals surface area contributed by atoms with Crippen LogP contribution in [0.15, 0.2) is 54.6 Å². The number of hydrogen-bond acceptors (Lipinski definition) is 3. The van der Waals surface area contributed by atoms with Crippen molar-refractivity contribution in [2.45, 2.75) is 26.0 Å². The highest BCUT2D eigenvalue weighted by Gasteiger charge is 2.17. The van der Waals surface area contributed by atoms with Gasteiger partial charge in [-0.15, -0.1) is 0 Å². The minimum atomic E-state index is -0.631. The Morgan fingerprint density at radius 1 is 1.00 bits per heavy atom. The lowest BCUT2D eigenvalue weighted by Crippen LogP contribution is -2.21. The van der Waals surface area contributed by atoms with Crippen LogP contribution in [0.5, 0.6) is 5.75 Å². The van der Waals surface area contributed by atoms with Crippen LogP contribution < -0.4 is 10.5 Å². The quantitative estimate of drug-likeness (QED) is 0.847. The molecule has 20 heavy (non-hydrogen) atoms. The number of carbonyl (C=O) groups excluding carboxylic acids is 1. The first-order valence-corrected chi connectivity index (χ1v) is 6.69. The predicted molar refractivity (Wildman–Crippen MR) is 79.9 cm³/mol. The largest absolute Gasteiger partial charge is 0.491 e. The molecule has 0 aliphatic carbocycles. The molecule has 2 aromatic carbocycles. The van der Waals surface area contributed by atoms with E-state index < -0.39 is 6.04 Å². The summed E-state index contributed by atoms with van der Waals surface area (Å²) in [4.78, 5) is 12.3. The Labute approximate surface area is 119 Å². The number of carbonyl (C=O) groups is 1. The highest BCUT2D eigenvalue weighted by molar-refractivity contribution is 6.00. The van der Waals surface area contributed by atoms with Gasteiger partial charge in [-0.25, -0.2) is 0 Å². The van der Waals surface area contributed by atoms with Gasteiger partial charge in [0.1, 0.15) is 5.75 Å². The second-order valence-electron chi connectivity index (χ2n) is 4.94. The number of rotatable bonds is 5. The minimum absolute atomic E-state index is 0.0905. The molecule has 3 nitrogen and oxygen atoms in total. The van der Waals surface area contributed by atoms with E-state index in [1.165, 1.54) is 0 Å². The molecule has 0 saturated carbocycles. The van der Waals surface area contributed by atoms with Crippen LogP contribution in [0.2, 0.25) is 0 Å². The van der Waals surface area contributed by atoms with Gasteiger partial charge in [-0.05, 0) is 43.7 Å². The fourth-order valence-corrected chi connectivity index (χ4v) is 1.96. The van der Waals surface area contributed by atoms with E-state index in [1.807, 2.05) is 44.2 Å². The summed E-state index contributed by atoms with van der Waals surface area (Å²) in [7, 11) is 0. The molecule has 1 unspecified atom stereocenters. The molecule has 3 heteroatoms. The third kappa shape index (κ3) is 3.45. The molecule has 0 aromatic heterocycles. The Hall–Kier alpha value is -2.13. The van der Waals surface area contributed by atoms with Gasteiger partial charge in [-0.1, -0.05) is 30.3 Å². The van der Waals surface area contributed by atoms with Gasteiger partial charge < -0.3 is 10.5 Å². The van der Waals surface area contributed by atoms with Crippen molar-refractivity contribution in [3.63, 3.8) is 0 Å². The summed E-state index contributed by atoms with van der Waals surface area (Å²) in [6.07, 6.45) is 0.114. The highest BCUT2D eigenvalue weighted by Crippen LogP contribution is 2.19. The van der Waals surface area contributed by atoms with Gasteiger partial charge in [0.2, 0.25) is 0 Å². The molecule has 2 N–H and O–H groups in total. The van der Waals surface area contributed by atoms with Crippen LogP contribution in [0.25, 0.3) is 0 Å². The maximum Gasteiger partial charge on any atom is 0.184 e. The Bertz CT molecular complexity index is 561. The number of benzene rings is 2. The van der Waals surface area contributed by atoms with Crippen LogP contribution in [-0.2, 0) is 0 Å². The molecule has 0 amide bonds. The number of Topliss-reactive ketones (excluding diaryl/α,β-unsaturated/α-hetero) is 1. The fraction of sp³-hybridized carbons (Fsp3) is 0.235. The first kappa shape index (κ1) is 14.3. The number of hydrogen-bond donors (Lipinski definition) is 1. The van der Waals surface area contributed by atoms with Crippen molar-refractivity contribution in [3.05, 3.63) is 65.7 Å². The van der Waals surface area contributed by atoms with Crippen molar-refractivity contribution in [1.82, 2.24) is 0 Å². The Morgan fingerprint density at radius 2 is 1.60 bits per heavy atom. The number of ether oxygens (including phenoxy) is 1. The molecule has 0 saturated heterocycles. The first-order valence-electron chi connectivity index (χ1n) is 6.69. The van der Waals surface area contributed by atoms with Crippen molar-refractivity contribution in [1.29, 1.82) is 0 Å². The van der Waals surface area contributed by atoms with E-state index in [-0.39, 0.29) is 11.9 Å². The average Bonchev–Trinajstić information content (AvgIpc) is 2.47. The van der Waals surface area contributed by atoms with Crippen LogP contribution >= 0.6 is 0 Å². The topological polar surface area (TPSA) is 52.3 Å². The third-order valence-corrected chi connectivity index (χ3v) is 2.95. The molecule has 1 atom stereocenters. The molecule has 104 valence electrons. The van der Waals surface area contributed by atoms with Gasteiger partial charge in [0.05, 0.1) is 12.1 Å². The van der Waals surface area contributed by atoms with Crippen LogP contribution in [0.1, 0.15) is 35.8 Å². The van der Waals surface area contributed by atoms with E-state index in [1.54, 1.807) is 24.3 Å². The minimum Gasteiger partial charge on any atom is -0.491 e. The molecule has 2 aromatic rings. The molecule has 0 bridgehead atoms. The van der Waals surface area contributed by atoms with Crippen molar-refractivity contribution >= 4 is 5.78 Å². The standard InChI is InChI=1S/C17H19NO2/c1-12(2)20-15-10-8-14(9-11-15)17(19)16(18)13-6-4-3-5-7-13/h3-12,16H,18H2,1-2H3. The summed E-state index contributed by atoms with van der Waals surface area (Å²) in [6, 6.07) is 15.8. The second kappa shape index (κ2) is 6.35. The van der Waals surface area contributed by atoms with Crippen LogP contribution in [0.4, 0.5) is 0 Å². The molecule has 0 spiro atoms. The van der Waals surface area contributed by atoms with Gasteiger partial charge >= 0.3 is 0 Å². The highest BCUT2D eigenvalue weighted by atomic mass is 16.5. The van der Waals surface area contributed by atoms with E-state index >= 15 is 0 Å². The molecule has 2 rings (SSSR count). The molecular formula is C17H19NO2. The third-order valence-electron chi connectivity index (χ3n) is 2.95. The van der Waals surface area contributed by atoms with E-state index in [0.717, 1.165) is 11.3 Å². The average molecular weight is 269 g/mol. The van der Waals surface area contributed by atoms with Crippen molar-refractivity contribution in [3.8, 4) is 5.75 Å².